The first-order valence-corrected chi connectivity index (χ1v) is 5.45. The number of hydrogen-bond acceptors (Lipinski definition) is 3. The van der Waals surface area contributed by atoms with Crippen molar-refractivity contribution < 1.29 is 5.11 Å². The highest BCUT2D eigenvalue weighted by molar-refractivity contribution is 4.93. The van der Waals surface area contributed by atoms with Gasteiger partial charge in [-0.2, -0.15) is 5.26 Å². The number of aliphatic hydroxyl groups is 1. The first-order valence-electron chi connectivity index (χ1n) is 5.45. The zero-order valence-corrected chi connectivity index (χ0v) is 9.16. The van der Waals surface area contributed by atoms with Crippen LogP contribution < -0.4 is 0 Å². The summed E-state index contributed by atoms with van der Waals surface area (Å²) in [4.78, 5) is 2.20. The summed E-state index contributed by atoms with van der Waals surface area (Å²) in [5.41, 5.74) is -0.525. The number of nitrogens with zero attached hydrogens (tertiary/aromatic N) is 2. The standard InChI is InChI=1S/C11H20N2O/c1-3-10(9-12)13-7-4-5-11(2,14)6-8-13/h10,14H,3-8H2,1-2H3. The van der Waals surface area contributed by atoms with Crippen molar-refractivity contribution in [3.8, 4) is 6.07 Å². The fourth-order valence-electron chi connectivity index (χ4n) is 2.03. The maximum atomic E-state index is 9.89. The van der Waals surface area contributed by atoms with Crippen molar-refractivity contribution in [2.45, 2.75) is 51.2 Å². The van der Waals surface area contributed by atoms with Crippen LogP contribution in [0.1, 0.15) is 39.5 Å². The van der Waals surface area contributed by atoms with Gasteiger partial charge in [-0.25, -0.2) is 0 Å². The summed E-state index contributed by atoms with van der Waals surface area (Å²) in [5.74, 6) is 0. The van der Waals surface area contributed by atoms with Crippen LogP contribution in [0.15, 0.2) is 0 Å². The van der Waals surface area contributed by atoms with Gasteiger partial charge in [-0.3, -0.25) is 4.90 Å². The zero-order valence-electron chi connectivity index (χ0n) is 9.16. The van der Waals surface area contributed by atoms with Gasteiger partial charge in [0.2, 0.25) is 0 Å². The Morgan fingerprint density at radius 1 is 1.50 bits per heavy atom. The Hall–Kier alpha value is -0.590. The third-order valence-corrected chi connectivity index (χ3v) is 3.07. The van der Waals surface area contributed by atoms with Crippen LogP contribution in [-0.4, -0.2) is 34.7 Å². The van der Waals surface area contributed by atoms with Crippen LogP contribution in [0.25, 0.3) is 0 Å². The second-order valence-electron chi connectivity index (χ2n) is 4.44. The highest BCUT2D eigenvalue weighted by Crippen LogP contribution is 2.22. The smallest absolute Gasteiger partial charge is 0.0975 e. The molecule has 1 aliphatic rings. The third-order valence-electron chi connectivity index (χ3n) is 3.07. The zero-order chi connectivity index (χ0) is 10.6. The van der Waals surface area contributed by atoms with Gasteiger partial charge in [0, 0.05) is 6.54 Å². The minimum atomic E-state index is -0.525. The molecular formula is C11H20N2O. The molecule has 0 aromatic heterocycles. The van der Waals surface area contributed by atoms with E-state index in [2.05, 4.69) is 11.0 Å². The van der Waals surface area contributed by atoms with E-state index in [0.29, 0.717) is 0 Å². The van der Waals surface area contributed by atoms with Gasteiger partial charge in [-0.1, -0.05) is 6.92 Å². The first-order chi connectivity index (χ1) is 6.59. The Bertz CT molecular complexity index is 220. The summed E-state index contributed by atoms with van der Waals surface area (Å²) in [7, 11) is 0. The Morgan fingerprint density at radius 3 is 2.79 bits per heavy atom. The molecule has 1 fully saturated rings. The van der Waals surface area contributed by atoms with Gasteiger partial charge in [0.05, 0.1) is 17.7 Å². The highest BCUT2D eigenvalue weighted by Gasteiger charge is 2.27. The van der Waals surface area contributed by atoms with Crippen LogP contribution in [-0.2, 0) is 0 Å². The van der Waals surface area contributed by atoms with E-state index in [9.17, 15) is 5.11 Å². The molecule has 0 spiro atoms. The molecule has 3 nitrogen and oxygen atoms in total. The molecule has 0 aromatic rings. The van der Waals surface area contributed by atoms with Crippen molar-refractivity contribution in [2.24, 2.45) is 0 Å². The molecule has 0 amide bonds. The van der Waals surface area contributed by atoms with Crippen LogP contribution in [0.4, 0.5) is 0 Å². The fraction of sp³-hybridized carbons (Fsp3) is 0.909. The van der Waals surface area contributed by atoms with Crippen molar-refractivity contribution in [3.63, 3.8) is 0 Å². The largest absolute Gasteiger partial charge is 0.390 e. The van der Waals surface area contributed by atoms with Gasteiger partial charge in [0.1, 0.15) is 0 Å². The van der Waals surface area contributed by atoms with E-state index in [-0.39, 0.29) is 6.04 Å². The van der Waals surface area contributed by atoms with Gasteiger partial charge in [0.15, 0.2) is 0 Å². The molecular weight excluding hydrogens is 176 g/mol. The SMILES string of the molecule is CCC(C#N)N1CCCC(C)(O)CC1. The van der Waals surface area contributed by atoms with E-state index in [1.807, 2.05) is 13.8 Å². The topological polar surface area (TPSA) is 47.3 Å². The summed E-state index contributed by atoms with van der Waals surface area (Å²) in [5, 5.41) is 18.8. The lowest BCUT2D eigenvalue weighted by Crippen LogP contribution is -2.35. The molecule has 1 N–H and O–H groups in total. The minimum absolute atomic E-state index is 0.0314. The summed E-state index contributed by atoms with van der Waals surface area (Å²) in [6.45, 7) is 5.72. The van der Waals surface area contributed by atoms with Gasteiger partial charge in [-0.05, 0) is 39.2 Å². The summed E-state index contributed by atoms with van der Waals surface area (Å²) in [6.07, 6.45) is 3.50. The van der Waals surface area contributed by atoms with Crippen LogP contribution >= 0.6 is 0 Å². The van der Waals surface area contributed by atoms with Gasteiger partial charge in [-0.15, -0.1) is 0 Å². The van der Waals surface area contributed by atoms with Crippen molar-refractivity contribution in [1.29, 1.82) is 5.26 Å². The lowest BCUT2D eigenvalue weighted by molar-refractivity contribution is 0.0438. The average Bonchev–Trinajstić information content (AvgIpc) is 2.30. The molecule has 1 aliphatic heterocycles. The molecule has 2 unspecified atom stereocenters. The maximum absolute atomic E-state index is 9.89. The van der Waals surface area contributed by atoms with Gasteiger partial charge >= 0.3 is 0 Å². The molecule has 1 saturated heterocycles. The Balaban J connectivity index is 2.54. The summed E-state index contributed by atoms with van der Waals surface area (Å²) in [6, 6.07) is 2.35. The second kappa shape index (κ2) is 4.77. The number of nitriles is 1. The van der Waals surface area contributed by atoms with Crippen LogP contribution in [0.5, 0.6) is 0 Å². The van der Waals surface area contributed by atoms with Crippen molar-refractivity contribution in [1.82, 2.24) is 4.90 Å². The summed E-state index contributed by atoms with van der Waals surface area (Å²) >= 11 is 0. The lowest BCUT2D eigenvalue weighted by Gasteiger charge is -2.25. The van der Waals surface area contributed by atoms with E-state index in [0.717, 1.165) is 38.8 Å². The van der Waals surface area contributed by atoms with Crippen molar-refractivity contribution in [3.05, 3.63) is 0 Å². The summed E-state index contributed by atoms with van der Waals surface area (Å²) < 4.78 is 0. The normalized spacial score (nSPS) is 31.9. The Kier molecular flexibility index (Phi) is 3.91. The number of hydrogen-bond donors (Lipinski definition) is 1. The monoisotopic (exact) mass is 196 g/mol. The first kappa shape index (κ1) is 11.5. The van der Waals surface area contributed by atoms with E-state index in [1.54, 1.807) is 0 Å². The molecule has 0 saturated carbocycles. The molecule has 1 heterocycles. The van der Waals surface area contributed by atoms with Crippen LogP contribution in [0.2, 0.25) is 0 Å². The molecule has 80 valence electrons. The molecule has 14 heavy (non-hydrogen) atoms. The average molecular weight is 196 g/mol. The molecule has 3 heteroatoms. The number of likely N-dealkylation sites (tertiary alicyclic amines) is 1. The van der Waals surface area contributed by atoms with Crippen molar-refractivity contribution >= 4 is 0 Å². The van der Waals surface area contributed by atoms with E-state index in [1.165, 1.54) is 0 Å². The molecule has 1 rings (SSSR count). The Morgan fingerprint density at radius 2 is 2.21 bits per heavy atom. The Labute approximate surface area is 86.3 Å². The van der Waals surface area contributed by atoms with Gasteiger partial charge in [0.25, 0.3) is 0 Å². The highest BCUT2D eigenvalue weighted by atomic mass is 16.3. The minimum Gasteiger partial charge on any atom is -0.390 e. The van der Waals surface area contributed by atoms with Crippen LogP contribution in [0, 0.1) is 11.3 Å². The second-order valence-corrected chi connectivity index (χ2v) is 4.44. The van der Waals surface area contributed by atoms with Gasteiger partial charge < -0.3 is 5.11 Å². The molecule has 0 radical (unpaired) electrons. The van der Waals surface area contributed by atoms with Crippen LogP contribution in [0.3, 0.4) is 0 Å². The number of rotatable bonds is 2. The molecule has 0 bridgehead atoms. The predicted octanol–water partition coefficient (Wildman–Crippen LogP) is 1.53. The maximum Gasteiger partial charge on any atom is 0.0975 e. The predicted molar refractivity (Wildman–Crippen MR) is 55.7 cm³/mol. The van der Waals surface area contributed by atoms with Crippen molar-refractivity contribution in [2.75, 3.05) is 13.1 Å². The van der Waals surface area contributed by atoms with E-state index in [4.69, 9.17) is 5.26 Å². The quantitative estimate of drug-likeness (QED) is 0.728. The molecule has 0 aromatic carbocycles. The lowest BCUT2D eigenvalue weighted by atomic mass is 9.98. The molecule has 2 atom stereocenters. The third kappa shape index (κ3) is 2.97. The molecule has 0 aliphatic carbocycles. The van der Waals surface area contributed by atoms with E-state index < -0.39 is 5.60 Å². The van der Waals surface area contributed by atoms with E-state index >= 15 is 0 Å². The fourth-order valence-corrected chi connectivity index (χ4v) is 2.03.